The predicted molar refractivity (Wildman–Crippen MR) is 144 cm³/mol. The standard InChI is InChI=1S/C29H34N2O11/c1-15(26(34)35)12-19-17(3)41-29(38)21(14-40-28(37)20(19)13-18-8-6-5-7-9-18)31-25(33)23-24(42-27(36)16(2)32)22(39-4)10-11-30-23/h5-11,15,17,19-21,27,36H,12-14H2,1-4H3,(H,31,33)(H,34,35)/t15?,17-,19-,20+,21-,27?/m0/s1. The van der Waals surface area contributed by atoms with E-state index in [-0.39, 0.29) is 24.3 Å². The summed E-state index contributed by atoms with van der Waals surface area (Å²) in [5, 5.41) is 21.9. The summed E-state index contributed by atoms with van der Waals surface area (Å²) in [6.07, 6.45) is -1.38. The molecule has 1 amide bonds. The van der Waals surface area contributed by atoms with Crippen LogP contribution in [0.5, 0.6) is 11.5 Å². The maximum Gasteiger partial charge on any atom is 0.332 e. The molecule has 226 valence electrons. The second-order valence-corrected chi connectivity index (χ2v) is 10.0. The zero-order chi connectivity index (χ0) is 31.0. The summed E-state index contributed by atoms with van der Waals surface area (Å²) in [5.74, 6) is -7.17. The number of Topliss-reactive ketones (excluding diaryl/α,β-unsaturated/α-hetero) is 1. The van der Waals surface area contributed by atoms with Crippen LogP contribution in [0, 0.1) is 17.8 Å². The Morgan fingerprint density at radius 2 is 1.83 bits per heavy atom. The van der Waals surface area contributed by atoms with Crippen molar-refractivity contribution >= 4 is 29.6 Å². The van der Waals surface area contributed by atoms with Crippen molar-refractivity contribution in [3.05, 3.63) is 53.9 Å². The van der Waals surface area contributed by atoms with Gasteiger partial charge in [0.05, 0.1) is 18.9 Å². The third-order valence-corrected chi connectivity index (χ3v) is 6.93. The van der Waals surface area contributed by atoms with Crippen molar-refractivity contribution in [2.24, 2.45) is 17.8 Å². The van der Waals surface area contributed by atoms with E-state index in [0.29, 0.717) is 0 Å². The molecule has 2 heterocycles. The Kier molecular flexibility index (Phi) is 11.0. The van der Waals surface area contributed by atoms with Gasteiger partial charge in [0, 0.05) is 25.1 Å². The van der Waals surface area contributed by atoms with Gasteiger partial charge in [0.2, 0.25) is 0 Å². The number of nitrogens with zero attached hydrogens (tertiary/aromatic N) is 1. The quantitative estimate of drug-likeness (QED) is 0.255. The van der Waals surface area contributed by atoms with Gasteiger partial charge >= 0.3 is 17.9 Å². The highest BCUT2D eigenvalue weighted by molar-refractivity contribution is 5.98. The number of carbonyl (C=O) groups is 5. The number of cyclic esters (lactones) is 2. The molecule has 1 aromatic carbocycles. The predicted octanol–water partition coefficient (Wildman–Crippen LogP) is 1.55. The molecule has 1 saturated heterocycles. The number of rotatable bonds is 11. The molecule has 0 aliphatic carbocycles. The largest absolute Gasteiger partial charge is 0.493 e. The highest BCUT2D eigenvalue weighted by atomic mass is 16.6. The van der Waals surface area contributed by atoms with Gasteiger partial charge in [-0.2, -0.15) is 0 Å². The third-order valence-electron chi connectivity index (χ3n) is 6.93. The number of aliphatic hydroxyl groups excluding tert-OH is 1. The lowest BCUT2D eigenvalue weighted by Gasteiger charge is -2.30. The molecule has 13 nitrogen and oxygen atoms in total. The summed E-state index contributed by atoms with van der Waals surface area (Å²) in [4.78, 5) is 67.0. The zero-order valence-electron chi connectivity index (χ0n) is 23.6. The van der Waals surface area contributed by atoms with E-state index in [9.17, 15) is 34.2 Å². The van der Waals surface area contributed by atoms with Crippen molar-refractivity contribution in [2.75, 3.05) is 13.7 Å². The molecule has 2 aromatic rings. The summed E-state index contributed by atoms with van der Waals surface area (Å²) in [6.45, 7) is 3.55. The molecule has 6 atom stereocenters. The van der Waals surface area contributed by atoms with Crippen molar-refractivity contribution in [1.29, 1.82) is 0 Å². The minimum absolute atomic E-state index is 0.0216. The van der Waals surface area contributed by atoms with Crippen molar-refractivity contribution < 1.29 is 53.1 Å². The second-order valence-electron chi connectivity index (χ2n) is 10.0. The smallest absolute Gasteiger partial charge is 0.332 e. The summed E-state index contributed by atoms with van der Waals surface area (Å²) in [5.41, 5.74) is 0.385. The number of carbonyl (C=O) groups excluding carboxylic acids is 4. The number of ketones is 1. The molecule has 0 radical (unpaired) electrons. The van der Waals surface area contributed by atoms with Gasteiger partial charge in [-0.3, -0.25) is 19.2 Å². The SMILES string of the molecule is COc1ccnc(C(=O)N[C@H]2COC(=O)[C@H](Cc3ccccc3)[C@@H](CC(C)C(=O)O)[C@H](C)OC2=O)c1OC(O)C(C)=O. The second kappa shape index (κ2) is 14.4. The van der Waals surface area contributed by atoms with E-state index in [4.69, 9.17) is 18.9 Å². The van der Waals surface area contributed by atoms with Crippen LogP contribution in [0.2, 0.25) is 0 Å². The number of hydrogen-bond acceptors (Lipinski definition) is 11. The van der Waals surface area contributed by atoms with E-state index in [0.717, 1.165) is 12.5 Å². The van der Waals surface area contributed by atoms with E-state index < -0.39 is 78.1 Å². The molecule has 1 aliphatic rings. The van der Waals surface area contributed by atoms with Crippen LogP contribution >= 0.6 is 0 Å². The number of carboxylic acid groups (broad SMARTS) is 1. The number of pyridine rings is 1. The zero-order valence-corrected chi connectivity index (χ0v) is 23.6. The van der Waals surface area contributed by atoms with Crippen molar-refractivity contribution in [3.8, 4) is 11.5 Å². The molecule has 0 spiro atoms. The third kappa shape index (κ3) is 8.03. The minimum Gasteiger partial charge on any atom is -0.493 e. The Morgan fingerprint density at radius 1 is 1.14 bits per heavy atom. The van der Waals surface area contributed by atoms with Crippen LogP contribution in [-0.2, 0) is 35.1 Å². The molecular weight excluding hydrogens is 552 g/mol. The number of nitrogens with one attached hydrogen (secondary N) is 1. The Bertz CT molecular complexity index is 1300. The average Bonchev–Trinajstić information content (AvgIpc) is 2.99. The van der Waals surface area contributed by atoms with Gasteiger partial charge in [-0.1, -0.05) is 37.3 Å². The van der Waals surface area contributed by atoms with E-state index in [1.165, 1.54) is 26.3 Å². The van der Waals surface area contributed by atoms with E-state index in [1.807, 2.05) is 18.2 Å². The average molecular weight is 587 g/mol. The topological polar surface area (TPSA) is 188 Å². The summed E-state index contributed by atoms with van der Waals surface area (Å²) in [6, 6.07) is 8.93. The lowest BCUT2D eigenvalue weighted by molar-refractivity contribution is -0.155. The van der Waals surface area contributed by atoms with Gasteiger partial charge in [-0.15, -0.1) is 0 Å². The first-order valence-corrected chi connectivity index (χ1v) is 13.3. The fourth-order valence-electron chi connectivity index (χ4n) is 4.55. The molecule has 3 N–H and O–H groups in total. The van der Waals surface area contributed by atoms with Gasteiger partial charge in [-0.25, -0.2) is 9.78 Å². The highest BCUT2D eigenvalue weighted by Crippen LogP contribution is 2.33. The van der Waals surface area contributed by atoms with Gasteiger partial charge in [0.25, 0.3) is 12.2 Å². The number of hydrogen-bond donors (Lipinski definition) is 3. The molecule has 1 aliphatic heterocycles. The first kappa shape index (κ1) is 32.0. The summed E-state index contributed by atoms with van der Waals surface area (Å²) in [7, 11) is 1.27. The number of aromatic nitrogens is 1. The lowest BCUT2D eigenvalue weighted by atomic mass is 9.78. The molecule has 1 fully saturated rings. The van der Waals surface area contributed by atoms with Gasteiger partial charge in [0.1, 0.15) is 12.7 Å². The Morgan fingerprint density at radius 3 is 2.45 bits per heavy atom. The van der Waals surface area contributed by atoms with Crippen LogP contribution < -0.4 is 14.8 Å². The van der Waals surface area contributed by atoms with Crippen LogP contribution in [0.3, 0.4) is 0 Å². The van der Waals surface area contributed by atoms with Crippen LogP contribution in [-0.4, -0.2) is 76.9 Å². The lowest BCUT2D eigenvalue weighted by Crippen LogP contribution is -2.46. The number of esters is 2. The summed E-state index contributed by atoms with van der Waals surface area (Å²) < 4.78 is 21.5. The van der Waals surface area contributed by atoms with Crippen molar-refractivity contribution in [3.63, 3.8) is 0 Å². The van der Waals surface area contributed by atoms with Crippen LogP contribution in [0.15, 0.2) is 42.6 Å². The monoisotopic (exact) mass is 586 g/mol. The van der Waals surface area contributed by atoms with Gasteiger partial charge in [0.15, 0.2) is 29.0 Å². The number of amides is 1. The fourth-order valence-corrected chi connectivity index (χ4v) is 4.55. The maximum absolute atomic E-state index is 13.4. The normalized spacial score (nSPS) is 22.2. The maximum atomic E-state index is 13.4. The Balaban J connectivity index is 1.90. The fraction of sp³-hybridized carbons (Fsp3) is 0.448. The van der Waals surface area contributed by atoms with E-state index in [2.05, 4.69) is 10.3 Å². The van der Waals surface area contributed by atoms with Gasteiger partial charge < -0.3 is 34.5 Å². The minimum atomic E-state index is -1.92. The Labute approximate surface area is 242 Å². The molecule has 0 saturated carbocycles. The number of aliphatic hydroxyl groups is 1. The molecule has 3 rings (SSSR count). The van der Waals surface area contributed by atoms with E-state index >= 15 is 0 Å². The summed E-state index contributed by atoms with van der Waals surface area (Å²) >= 11 is 0. The number of aliphatic carboxylic acids is 1. The van der Waals surface area contributed by atoms with Crippen molar-refractivity contribution in [2.45, 2.75) is 52.0 Å². The molecule has 0 bridgehead atoms. The van der Waals surface area contributed by atoms with Crippen molar-refractivity contribution in [1.82, 2.24) is 10.3 Å². The number of benzene rings is 1. The van der Waals surface area contributed by atoms with Gasteiger partial charge in [-0.05, 0) is 25.3 Å². The number of methoxy groups -OCH3 is 1. The van der Waals surface area contributed by atoms with E-state index in [1.54, 1.807) is 19.1 Å². The van der Waals surface area contributed by atoms with Crippen LogP contribution in [0.4, 0.5) is 0 Å². The number of carboxylic acids is 1. The first-order valence-electron chi connectivity index (χ1n) is 13.3. The molecule has 1 aromatic heterocycles. The molecule has 2 unspecified atom stereocenters. The van der Waals surface area contributed by atoms with Crippen LogP contribution in [0.25, 0.3) is 0 Å². The van der Waals surface area contributed by atoms with Crippen LogP contribution in [0.1, 0.15) is 43.2 Å². The molecule has 42 heavy (non-hydrogen) atoms. The first-order chi connectivity index (χ1) is 19.9. The molecular formula is C29H34N2O11. The highest BCUT2D eigenvalue weighted by Gasteiger charge is 2.41. The molecule has 13 heteroatoms. The Hall–Kier alpha value is -4.52. The number of ether oxygens (including phenoxy) is 4.